The Labute approximate surface area is 176 Å². The molecule has 6 heteroatoms. The number of benzene rings is 2. The van der Waals surface area contributed by atoms with Crippen LogP contribution in [0, 0.1) is 5.92 Å². The number of carbonyl (C=O) groups excluding carboxylic acids is 1. The summed E-state index contributed by atoms with van der Waals surface area (Å²) in [5.41, 5.74) is 1.36. The van der Waals surface area contributed by atoms with E-state index >= 15 is 0 Å². The fraction of sp³-hybridized carbons (Fsp3) is 0.458. The molecule has 0 aliphatic rings. The Morgan fingerprint density at radius 2 is 1.70 bits per heavy atom. The number of ether oxygens (including phenoxy) is 2. The lowest BCUT2D eigenvalue weighted by atomic mass is 9.88. The number of rotatable bonds is 9. The standard InChI is InChI=1S/C24H29F3O3/c1-5-6-11-30-21-14-18(17-7-9-20(10-8-17)24(25,26)27)13-19(15-21)22(12-16(2)3)23(28)29-4/h7-10,13-16,22H,5-6,11-12H2,1-4H3. The van der Waals surface area contributed by atoms with Crippen LogP contribution in [-0.2, 0) is 15.7 Å². The van der Waals surface area contributed by atoms with Gasteiger partial charge in [0.1, 0.15) is 5.75 Å². The second-order valence-corrected chi connectivity index (χ2v) is 7.77. The highest BCUT2D eigenvalue weighted by Gasteiger charge is 2.30. The summed E-state index contributed by atoms with van der Waals surface area (Å²) in [4.78, 5) is 12.4. The molecule has 2 rings (SSSR count). The Hall–Kier alpha value is -2.50. The molecule has 0 bridgehead atoms. The smallest absolute Gasteiger partial charge is 0.416 e. The van der Waals surface area contributed by atoms with E-state index in [0.717, 1.165) is 30.5 Å². The zero-order chi connectivity index (χ0) is 22.3. The molecule has 0 aliphatic heterocycles. The second-order valence-electron chi connectivity index (χ2n) is 7.77. The Morgan fingerprint density at radius 1 is 1.03 bits per heavy atom. The van der Waals surface area contributed by atoms with Gasteiger partial charge in [0.15, 0.2) is 0 Å². The summed E-state index contributed by atoms with van der Waals surface area (Å²) in [6.07, 6.45) is -1.94. The van der Waals surface area contributed by atoms with Crippen LogP contribution in [0.5, 0.6) is 5.75 Å². The highest BCUT2D eigenvalue weighted by atomic mass is 19.4. The van der Waals surface area contributed by atoms with Gasteiger partial charge >= 0.3 is 12.1 Å². The highest BCUT2D eigenvalue weighted by Crippen LogP contribution is 2.35. The van der Waals surface area contributed by atoms with Crippen molar-refractivity contribution in [1.82, 2.24) is 0 Å². The van der Waals surface area contributed by atoms with E-state index in [-0.39, 0.29) is 11.9 Å². The van der Waals surface area contributed by atoms with E-state index in [1.54, 1.807) is 6.07 Å². The van der Waals surface area contributed by atoms with Gasteiger partial charge in [0.25, 0.3) is 0 Å². The number of carbonyl (C=O) groups is 1. The lowest BCUT2D eigenvalue weighted by Gasteiger charge is -2.20. The minimum atomic E-state index is -4.39. The van der Waals surface area contributed by atoms with Crippen molar-refractivity contribution in [2.24, 2.45) is 5.92 Å². The predicted molar refractivity (Wildman–Crippen MR) is 111 cm³/mol. The third-order valence-electron chi connectivity index (χ3n) is 4.84. The van der Waals surface area contributed by atoms with Crippen LogP contribution in [0.25, 0.3) is 11.1 Å². The molecule has 3 nitrogen and oxygen atoms in total. The molecule has 1 atom stereocenters. The van der Waals surface area contributed by atoms with Crippen LogP contribution in [0.4, 0.5) is 13.2 Å². The Kier molecular flexibility index (Phi) is 8.33. The zero-order valence-corrected chi connectivity index (χ0v) is 17.9. The molecule has 0 aromatic heterocycles. The minimum absolute atomic E-state index is 0.258. The molecular formula is C24H29F3O3. The van der Waals surface area contributed by atoms with Crippen molar-refractivity contribution >= 4 is 5.97 Å². The summed E-state index contributed by atoms with van der Waals surface area (Å²) in [6.45, 7) is 6.63. The molecule has 0 N–H and O–H groups in total. The summed E-state index contributed by atoms with van der Waals surface area (Å²) in [5.74, 6) is 0.0347. The lowest BCUT2D eigenvalue weighted by Crippen LogP contribution is -2.16. The third-order valence-corrected chi connectivity index (χ3v) is 4.84. The van der Waals surface area contributed by atoms with Gasteiger partial charge in [-0.2, -0.15) is 13.2 Å². The van der Waals surface area contributed by atoms with Gasteiger partial charge in [0.2, 0.25) is 0 Å². The summed E-state index contributed by atoms with van der Waals surface area (Å²) in [6, 6.07) is 10.5. The van der Waals surface area contributed by atoms with Crippen LogP contribution in [0.3, 0.4) is 0 Å². The van der Waals surface area contributed by atoms with Gasteiger partial charge < -0.3 is 9.47 Å². The molecule has 1 unspecified atom stereocenters. The van der Waals surface area contributed by atoms with Crippen LogP contribution >= 0.6 is 0 Å². The largest absolute Gasteiger partial charge is 0.494 e. The van der Waals surface area contributed by atoms with E-state index in [9.17, 15) is 18.0 Å². The number of hydrogen-bond donors (Lipinski definition) is 0. The minimum Gasteiger partial charge on any atom is -0.494 e. The molecule has 0 radical (unpaired) electrons. The van der Waals surface area contributed by atoms with Crippen LogP contribution in [-0.4, -0.2) is 19.7 Å². The first-order valence-corrected chi connectivity index (χ1v) is 10.2. The molecule has 0 heterocycles. The zero-order valence-electron chi connectivity index (χ0n) is 17.9. The van der Waals surface area contributed by atoms with Crippen molar-refractivity contribution in [2.75, 3.05) is 13.7 Å². The van der Waals surface area contributed by atoms with Gasteiger partial charge in [-0.3, -0.25) is 4.79 Å². The van der Waals surface area contributed by atoms with Crippen molar-refractivity contribution in [3.05, 3.63) is 53.6 Å². The monoisotopic (exact) mass is 422 g/mol. The molecule has 0 saturated heterocycles. The maximum atomic E-state index is 12.9. The van der Waals surface area contributed by atoms with Gasteiger partial charge in [-0.1, -0.05) is 45.4 Å². The molecule has 164 valence electrons. The number of alkyl halides is 3. The lowest BCUT2D eigenvalue weighted by molar-refractivity contribution is -0.143. The van der Waals surface area contributed by atoms with E-state index in [1.807, 2.05) is 26.0 Å². The van der Waals surface area contributed by atoms with Crippen molar-refractivity contribution in [3.8, 4) is 16.9 Å². The van der Waals surface area contributed by atoms with E-state index < -0.39 is 17.7 Å². The predicted octanol–water partition coefficient (Wildman–Crippen LogP) is 6.85. The Bertz CT molecular complexity index is 827. The van der Waals surface area contributed by atoms with Gasteiger partial charge in [-0.05, 0) is 59.7 Å². The molecular weight excluding hydrogens is 393 g/mol. The third kappa shape index (κ3) is 6.51. The van der Waals surface area contributed by atoms with Crippen molar-refractivity contribution < 1.29 is 27.4 Å². The van der Waals surface area contributed by atoms with Crippen LogP contribution in [0.15, 0.2) is 42.5 Å². The van der Waals surface area contributed by atoms with E-state index in [1.165, 1.54) is 19.2 Å². The maximum absolute atomic E-state index is 12.9. The first kappa shape index (κ1) is 23.8. The number of hydrogen-bond acceptors (Lipinski definition) is 3. The molecule has 0 aliphatic carbocycles. The second kappa shape index (κ2) is 10.5. The van der Waals surface area contributed by atoms with Gasteiger partial charge in [0, 0.05) is 0 Å². The summed E-state index contributed by atoms with van der Waals surface area (Å²) < 4.78 is 49.6. The maximum Gasteiger partial charge on any atom is 0.416 e. The average Bonchev–Trinajstić information content (AvgIpc) is 2.70. The van der Waals surface area contributed by atoms with Crippen molar-refractivity contribution in [2.45, 2.75) is 52.1 Å². The first-order chi connectivity index (χ1) is 14.2. The van der Waals surface area contributed by atoms with Gasteiger partial charge in [0.05, 0.1) is 25.2 Å². The average molecular weight is 422 g/mol. The summed E-state index contributed by atoms with van der Waals surface area (Å²) in [7, 11) is 1.36. The normalized spacial score (nSPS) is 12.7. The fourth-order valence-corrected chi connectivity index (χ4v) is 3.24. The number of halogens is 3. The fourth-order valence-electron chi connectivity index (χ4n) is 3.24. The molecule has 0 saturated carbocycles. The molecule has 30 heavy (non-hydrogen) atoms. The number of methoxy groups -OCH3 is 1. The van der Waals surface area contributed by atoms with E-state index in [4.69, 9.17) is 9.47 Å². The number of unbranched alkanes of at least 4 members (excludes halogenated alkanes) is 1. The molecule has 2 aromatic carbocycles. The quantitative estimate of drug-likeness (QED) is 0.327. The summed E-state index contributed by atoms with van der Waals surface area (Å²) in [5, 5.41) is 0. The molecule has 0 spiro atoms. The Balaban J connectivity index is 2.49. The SMILES string of the molecule is CCCCOc1cc(-c2ccc(C(F)(F)F)cc2)cc(C(CC(C)C)C(=O)OC)c1. The molecule has 0 amide bonds. The Morgan fingerprint density at radius 3 is 2.23 bits per heavy atom. The topological polar surface area (TPSA) is 35.5 Å². The molecule has 0 fully saturated rings. The summed E-state index contributed by atoms with van der Waals surface area (Å²) >= 11 is 0. The van der Waals surface area contributed by atoms with Crippen LogP contribution < -0.4 is 4.74 Å². The van der Waals surface area contributed by atoms with Gasteiger partial charge in [-0.15, -0.1) is 0 Å². The van der Waals surface area contributed by atoms with Crippen LogP contribution in [0.1, 0.15) is 57.1 Å². The first-order valence-electron chi connectivity index (χ1n) is 10.2. The van der Waals surface area contributed by atoms with Crippen molar-refractivity contribution in [1.29, 1.82) is 0 Å². The van der Waals surface area contributed by atoms with E-state index in [2.05, 4.69) is 6.92 Å². The van der Waals surface area contributed by atoms with E-state index in [0.29, 0.717) is 29.9 Å². The van der Waals surface area contributed by atoms with Crippen LogP contribution in [0.2, 0.25) is 0 Å². The van der Waals surface area contributed by atoms with Crippen molar-refractivity contribution in [3.63, 3.8) is 0 Å². The highest BCUT2D eigenvalue weighted by molar-refractivity contribution is 5.79. The van der Waals surface area contributed by atoms with Gasteiger partial charge in [-0.25, -0.2) is 0 Å². The number of esters is 1. The molecule has 2 aromatic rings.